The number of aryl methyl sites for hydroxylation is 1. The fourth-order valence-corrected chi connectivity index (χ4v) is 1.70. The number of benzene rings is 1. The summed E-state index contributed by atoms with van der Waals surface area (Å²) in [5, 5.41) is 14.8. The summed E-state index contributed by atoms with van der Waals surface area (Å²) in [6.07, 6.45) is 0.885. The number of carbonyl (C=O) groups is 1. The van der Waals surface area contributed by atoms with E-state index in [0.717, 1.165) is 6.42 Å². The number of hydrogen-bond donors (Lipinski definition) is 1. The molecule has 100 valence electrons. The van der Waals surface area contributed by atoms with Gasteiger partial charge < -0.3 is 0 Å². The Hall–Kier alpha value is -1.66. The Kier molecular flexibility index (Phi) is 4.34. The van der Waals surface area contributed by atoms with Gasteiger partial charge in [-0.2, -0.15) is 4.80 Å². The van der Waals surface area contributed by atoms with Crippen LogP contribution in [0.4, 0.5) is 5.95 Å². The molecule has 0 saturated heterocycles. The topological polar surface area (TPSA) is 72.7 Å². The summed E-state index contributed by atoms with van der Waals surface area (Å²) in [6, 6.07) is 4.61. The Morgan fingerprint density at radius 3 is 2.84 bits per heavy atom. The van der Waals surface area contributed by atoms with Crippen LogP contribution in [0.3, 0.4) is 0 Å². The Morgan fingerprint density at radius 1 is 1.37 bits per heavy atom. The minimum Gasteiger partial charge on any atom is -0.288 e. The summed E-state index contributed by atoms with van der Waals surface area (Å²) in [6.45, 7) is 2.65. The number of halogens is 2. The average Bonchev–Trinajstić information content (AvgIpc) is 2.80. The Bertz CT molecular complexity index is 599. The highest BCUT2D eigenvalue weighted by molar-refractivity contribution is 6.42. The summed E-state index contributed by atoms with van der Waals surface area (Å²) in [4.78, 5) is 13.3. The lowest BCUT2D eigenvalue weighted by Gasteiger charge is -2.02. The van der Waals surface area contributed by atoms with E-state index in [-0.39, 0.29) is 11.9 Å². The lowest BCUT2D eigenvalue weighted by molar-refractivity contribution is 0.102. The number of amides is 1. The number of nitrogens with one attached hydrogen (secondary N) is 1. The van der Waals surface area contributed by atoms with E-state index < -0.39 is 0 Å². The molecule has 8 heteroatoms. The van der Waals surface area contributed by atoms with Gasteiger partial charge >= 0.3 is 0 Å². The summed E-state index contributed by atoms with van der Waals surface area (Å²) in [7, 11) is 0. The van der Waals surface area contributed by atoms with Gasteiger partial charge in [0.25, 0.3) is 11.9 Å². The second-order valence-electron chi connectivity index (χ2n) is 3.79. The SMILES string of the molecule is CCCn1nnc(NC(=O)c2ccc(Cl)c(Cl)c2)n1. The fourth-order valence-electron chi connectivity index (χ4n) is 1.40. The van der Waals surface area contributed by atoms with Crippen LogP contribution in [0.2, 0.25) is 10.0 Å². The minimum atomic E-state index is -0.366. The van der Waals surface area contributed by atoms with Crippen molar-refractivity contribution in [2.45, 2.75) is 19.9 Å². The molecule has 0 bridgehead atoms. The van der Waals surface area contributed by atoms with Crippen LogP contribution in [0.5, 0.6) is 0 Å². The molecule has 1 heterocycles. The van der Waals surface area contributed by atoms with E-state index in [0.29, 0.717) is 22.2 Å². The van der Waals surface area contributed by atoms with Crippen molar-refractivity contribution < 1.29 is 4.79 Å². The van der Waals surface area contributed by atoms with Gasteiger partial charge in [0, 0.05) is 5.56 Å². The Balaban J connectivity index is 2.09. The standard InChI is InChI=1S/C11H11Cl2N5O/c1-2-5-18-16-11(15-17-18)14-10(19)7-3-4-8(12)9(13)6-7/h3-4,6H,2,5H2,1H3,(H,14,16,19). The molecule has 2 rings (SSSR count). The average molecular weight is 300 g/mol. The van der Waals surface area contributed by atoms with Crippen LogP contribution in [-0.2, 0) is 6.54 Å². The van der Waals surface area contributed by atoms with Crippen molar-refractivity contribution >= 4 is 35.1 Å². The third-order valence-electron chi connectivity index (χ3n) is 2.28. The molecule has 1 N–H and O–H groups in total. The van der Waals surface area contributed by atoms with Crippen molar-refractivity contribution in [3.8, 4) is 0 Å². The molecule has 0 atom stereocenters. The van der Waals surface area contributed by atoms with E-state index in [9.17, 15) is 4.79 Å². The molecule has 1 amide bonds. The van der Waals surface area contributed by atoms with Crippen molar-refractivity contribution in [2.24, 2.45) is 0 Å². The molecule has 0 unspecified atom stereocenters. The summed E-state index contributed by atoms with van der Waals surface area (Å²) in [5.41, 5.74) is 0.376. The highest BCUT2D eigenvalue weighted by atomic mass is 35.5. The van der Waals surface area contributed by atoms with Crippen LogP contribution in [-0.4, -0.2) is 26.1 Å². The van der Waals surface area contributed by atoms with Crippen LogP contribution in [0.1, 0.15) is 23.7 Å². The van der Waals surface area contributed by atoms with Gasteiger partial charge in [-0.15, -0.1) is 5.10 Å². The molecule has 0 aliphatic rings. The molecule has 0 aliphatic carbocycles. The first-order valence-corrected chi connectivity index (χ1v) is 6.40. The van der Waals surface area contributed by atoms with Gasteiger partial charge in [-0.25, -0.2) is 0 Å². The smallest absolute Gasteiger partial charge is 0.270 e. The zero-order valence-electron chi connectivity index (χ0n) is 10.1. The van der Waals surface area contributed by atoms with Crippen LogP contribution >= 0.6 is 23.2 Å². The van der Waals surface area contributed by atoms with Gasteiger partial charge in [-0.1, -0.05) is 35.2 Å². The number of aromatic nitrogens is 4. The van der Waals surface area contributed by atoms with E-state index in [2.05, 4.69) is 20.7 Å². The number of carbonyl (C=O) groups excluding carboxylic acids is 1. The molecular formula is C11H11Cl2N5O. The molecular weight excluding hydrogens is 289 g/mol. The molecule has 1 aromatic carbocycles. The summed E-state index contributed by atoms with van der Waals surface area (Å²) >= 11 is 11.6. The maximum atomic E-state index is 11.9. The second-order valence-corrected chi connectivity index (χ2v) is 4.61. The van der Waals surface area contributed by atoms with Crippen molar-refractivity contribution in [2.75, 3.05) is 5.32 Å². The first-order valence-electron chi connectivity index (χ1n) is 5.64. The Morgan fingerprint density at radius 2 is 2.16 bits per heavy atom. The minimum absolute atomic E-state index is 0.157. The first-order chi connectivity index (χ1) is 9.10. The van der Waals surface area contributed by atoms with Crippen LogP contribution in [0, 0.1) is 0 Å². The second kappa shape index (κ2) is 5.99. The highest BCUT2D eigenvalue weighted by Crippen LogP contribution is 2.22. The van der Waals surface area contributed by atoms with Gasteiger partial charge in [0.1, 0.15) is 0 Å². The molecule has 2 aromatic rings. The van der Waals surface area contributed by atoms with Crippen molar-refractivity contribution in [3.05, 3.63) is 33.8 Å². The fraction of sp³-hybridized carbons (Fsp3) is 0.273. The number of anilines is 1. The van der Waals surface area contributed by atoms with Crippen molar-refractivity contribution in [1.29, 1.82) is 0 Å². The van der Waals surface area contributed by atoms with E-state index in [1.807, 2.05) is 6.92 Å². The number of rotatable bonds is 4. The third kappa shape index (κ3) is 3.42. The predicted octanol–water partition coefficient (Wildman–Crippen LogP) is 2.64. The monoisotopic (exact) mass is 299 g/mol. The molecule has 0 saturated carbocycles. The molecule has 0 aliphatic heterocycles. The van der Waals surface area contributed by atoms with E-state index in [4.69, 9.17) is 23.2 Å². The largest absolute Gasteiger partial charge is 0.288 e. The molecule has 6 nitrogen and oxygen atoms in total. The van der Waals surface area contributed by atoms with E-state index in [1.54, 1.807) is 12.1 Å². The van der Waals surface area contributed by atoms with Crippen LogP contribution < -0.4 is 5.32 Å². The molecule has 1 aromatic heterocycles. The van der Waals surface area contributed by atoms with Gasteiger partial charge in [0.05, 0.1) is 16.6 Å². The molecule has 19 heavy (non-hydrogen) atoms. The van der Waals surface area contributed by atoms with Gasteiger partial charge in [-0.3, -0.25) is 10.1 Å². The van der Waals surface area contributed by atoms with Gasteiger partial charge in [-0.05, 0) is 29.8 Å². The number of tetrazole rings is 1. The predicted molar refractivity (Wildman–Crippen MR) is 72.5 cm³/mol. The van der Waals surface area contributed by atoms with Crippen molar-refractivity contribution in [1.82, 2.24) is 20.2 Å². The van der Waals surface area contributed by atoms with Crippen molar-refractivity contribution in [3.63, 3.8) is 0 Å². The number of nitrogens with zero attached hydrogens (tertiary/aromatic N) is 4. The van der Waals surface area contributed by atoms with Crippen LogP contribution in [0.25, 0.3) is 0 Å². The highest BCUT2D eigenvalue weighted by Gasteiger charge is 2.11. The van der Waals surface area contributed by atoms with E-state index in [1.165, 1.54) is 10.9 Å². The van der Waals surface area contributed by atoms with Crippen LogP contribution in [0.15, 0.2) is 18.2 Å². The summed E-state index contributed by atoms with van der Waals surface area (Å²) < 4.78 is 0. The lowest BCUT2D eigenvalue weighted by atomic mass is 10.2. The Labute approximate surface area is 119 Å². The lowest BCUT2D eigenvalue weighted by Crippen LogP contribution is -2.13. The quantitative estimate of drug-likeness (QED) is 0.942. The molecule has 0 fully saturated rings. The number of hydrogen-bond acceptors (Lipinski definition) is 4. The van der Waals surface area contributed by atoms with E-state index >= 15 is 0 Å². The molecule has 0 radical (unpaired) electrons. The zero-order chi connectivity index (χ0) is 13.8. The normalized spacial score (nSPS) is 10.5. The zero-order valence-corrected chi connectivity index (χ0v) is 11.6. The first kappa shape index (κ1) is 13.8. The molecule has 0 spiro atoms. The third-order valence-corrected chi connectivity index (χ3v) is 3.02. The maximum absolute atomic E-state index is 11.9. The maximum Gasteiger partial charge on any atom is 0.270 e. The van der Waals surface area contributed by atoms with Gasteiger partial charge in [0.15, 0.2) is 0 Å². The van der Waals surface area contributed by atoms with Gasteiger partial charge in [0.2, 0.25) is 0 Å². The summed E-state index contributed by atoms with van der Waals surface area (Å²) in [5.74, 6) is -0.209.